The highest BCUT2D eigenvalue weighted by atomic mass is 79.9. The number of allylic oxidation sites excluding steroid dienone is 2. The summed E-state index contributed by atoms with van der Waals surface area (Å²) < 4.78 is 7.24. The molecule has 3 nitrogen and oxygen atoms in total. The number of carbonyl (C=O) groups is 1. The van der Waals surface area contributed by atoms with E-state index in [9.17, 15) is 10.1 Å². The number of carbonyl (C=O) groups excluding carboxylic acids is 1. The maximum atomic E-state index is 12.9. The molecule has 0 radical (unpaired) electrons. The third-order valence-electron chi connectivity index (χ3n) is 4.99. The molecule has 4 heteroatoms. The Labute approximate surface area is 184 Å². The van der Waals surface area contributed by atoms with Crippen molar-refractivity contribution in [1.29, 1.82) is 5.26 Å². The van der Waals surface area contributed by atoms with Crippen LogP contribution in [0.2, 0.25) is 0 Å². The summed E-state index contributed by atoms with van der Waals surface area (Å²) in [4.78, 5) is 12.9. The van der Waals surface area contributed by atoms with Crippen molar-refractivity contribution in [2.75, 3.05) is 0 Å². The van der Waals surface area contributed by atoms with Gasteiger partial charge in [-0.2, -0.15) is 5.26 Å². The van der Waals surface area contributed by atoms with Crippen LogP contribution in [0.4, 0.5) is 0 Å². The fourth-order valence-electron chi connectivity index (χ4n) is 3.52. The van der Waals surface area contributed by atoms with Crippen LogP contribution in [0, 0.1) is 11.3 Å². The summed E-state index contributed by atoms with van der Waals surface area (Å²) in [6.07, 6.45) is 1.73. The molecule has 3 aromatic carbocycles. The van der Waals surface area contributed by atoms with Crippen LogP contribution in [0.1, 0.15) is 29.0 Å². The van der Waals surface area contributed by atoms with E-state index in [1.165, 1.54) is 6.08 Å². The number of hydrogen-bond donors (Lipinski definition) is 0. The third-order valence-corrected chi connectivity index (χ3v) is 5.52. The van der Waals surface area contributed by atoms with Crippen molar-refractivity contribution < 1.29 is 9.53 Å². The van der Waals surface area contributed by atoms with Gasteiger partial charge in [-0.25, -0.2) is 0 Å². The number of halogens is 1. The van der Waals surface area contributed by atoms with Gasteiger partial charge in [-0.1, -0.05) is 88.7 Å². The monoisotopic (exact) mass is 455 g/mol. The van der Waals surface area contributed by atoms with Crippen LogP contribution in [0.15, 0.2) is 101 Å². The summed E-state index contributed by atoms with van der Waals surface area (Å²) in [5.41, 5.74) is 2.93. The molecule has 0 fully saturated rings. The molecular formula is C26H18BrNO2. The molecule has 0 unspecified atom stereocenters. The van der Waals surface area contributed by atoms with Crippen molar-refractivity contribution in [3.8, 4) is 6.07 Å². The van der Waals surface area contributed by atoms with Gasteiger partial charge < -0.3 is 4.74 Å². The molecule has 0 bridgehead atoms. The predicted molar refractivity (Wildman–Crippen MR) is 121 cm³/mol. The van der Waals surface area contributed by atoms with Crippen LogP contribution in [0.5, 0.6) is 0 Å². The zero-order valence-corrected chi connectivity index (χ0v) is 17.7. The van der Waals surface area contributed by atoms with E-state index in [0.717, 1.165) is 21.2 Å². The van der Waals surface area contributed by atoms with Crippen LogP contribution in [0.25, 0.3) is 11.5 Å². The molecule has 0 amide bonds. The van der Waals surface area contributed by atoms with E-state index in [-0.39, 0.29) is 18.1 Å². The van der Waals surface area contributed by atoms with E-state index in [1.807, 2.05) is 84.9 Å². The Balaban J connectivity index is 1.90. The molecule has 1 atom stereocenters. The van der Waals surface area contributed by atoms with E-state index < -0.39 is 0 Å². The van der Waals surface area contributed by atoms with Gasteiger partial charge in [0.1, 0.15) is 11.5 Å². The molecule has 0 spiro atoms. The molecule has 30 heavy (non-hydrogen) atoms. The Morgan fingerprint density at radius 2 is 1.47 bits per heavy atom. The second-order valence-electron chi connectivity index (χ2n) is 6.97. The molecule has 0 N–H and O–H groups in total. The van der Waals surface area contributed by atoms with E-state index >= 15 is 0 Å². The highest BCUT2D eigenvalue weighted by Gasteiger charge is 2.28. The predicted octanol–water partition coefficient (Wildman–Crippen LogP) is 6.50. The van der Waals surface area contributed by atoms with Gasteiger partial charge in [0.15, 0.2) is 5.78 Å². The zero-order chi connectivity index (χ0) is 20.9. The molecule has 0 saturated heterocycles. The Hall–Kier alpha value is -3.42. The average molecular weight is 456 g/mol. The second-order valence-corrected chi connectivity index (χ2v) is 7.89. The van der Waals surface area contributed by atoms with Crippen molar-refractivity contribution in [3.63, 3.8) is 0 Å². The van der Waals surface area contributed by atoms with Crippen molar-refractivity contribution in [2.24, 2.45) is 0 Å². The summed E-state index contributed by atoms with van der Waals surface area (Å²) in [6, 6.07) is 29.1. The van der Waals surface area contributed by atoms with Gasteiger partial charge in [-0.3, -0.25) is 4.79 Å². The molecule has 3 aromatic rings. The quantitative estimate of drug-likeness (QED) is 0.452. The lowest BCUT2D eigenvalue weighted by atomic mass is 9.84. The molecule has 0 aliphatic carbocycles. The SMILES string of the molecule is N#C/C1=C(\c2ccccc2)O/C(c2ccccc2)=C\C(=O)C[C@H]1c1ccc(Br)cc1. The van der Waals surface area contributed by atoms with E-state index in [1.54, 1.807) is 0 Å². The fourth-order valence-corrected chi connectivity index (χ4v) is 3.78. The highest BCUT2D eigenvalue weighted by molar-refractivity contribution is 9.10. The normalized spacial score (nSPS) is 20.9. The number of ketones is 1. The van der Waals surface area contributed by atoms with Crippen LogP contribution < -0.4 is 0 Å². The van der Waals surface area contributed by atoms with Gasteiger partial charge in [0.05, 0.1) is 11.6 Å². The number of hydrogen-bond acceptors (Lipinski definition) is 3. The number of benzene rings is 3. The minimum Gasteiger partial charge on any atom is -0.455 e. The van der Waals surface area contributed by atoms with Crippen molar-refractivity contribution in [1.82, 2.24) is 0 Å². The maximum absolute atomic E-state index is 12.9. The Kier molecular flexibility index (Phi) is 5.92. The van der Waals surface area contributed by atoms with Crippen LogP contribution >= 0.6 is 15.9 Å². The summed E-state index contributed by atoms with van der Waals surface area (Å²) in [5.74, 6) is 0.455. The third kappa shape index (κ3) is 4.27. The van der Waals surface area contributed by atoms with Gasteiger partial charge in [0, 0.05) is 34.0 Å². The second kappa shape index (κ2) is 8.94. The van der Waals surface area contributed by atoms with E-state index in [2.05, 4.69) is 22.0 Å². The zero-order valence-electron chi connectivity index (χ0n) is 16.1. The number of ether oxygens (including phenoxy) is 1. The lowest BCUT2D eigenvalue weighted by Gasteiger charge is -2.23. The van der Waals surface area contributed by atoms with E-state index in [0.29, 0.717) is 17.1 Å². The lowest BCUT2D eigenvalue weighted by Crippen LogP contribution is -2.14. The molecular weight excluding hydrogens is 438 g/mol. The Morgan fingerprint density at radius 3 is 2.07 bits per heavy atom. The minimum atomic E-state index is -0.389. The van der Waals surface area contributed by atoms with Crippen molar-refractivity contribution >= 4 is 33.2 Å². The fraction of sp³-hybridized carbons (Fsp3) is 0.0769. The lowest BCUT2D eigenvalue weighted by molar-refractivity contribution is -0.114. The van der Waals surface area contributed by atoms with Crippen molar-refractivity contribution in [2.45, 2.75) is 12.3 Å². The summed E-state index contributed by atoms with van der Waals surface area (Å²) in [6.45, 7) is 0. The molecule has 1 aliphatic rings. The first-order chi connectivity index (χ1) is 14.7. The molecule has 1 heterocycles. The van der Waals surface area contributed by atoms with Crippen molar-refractivity contribution in [3.05, 3.63) is 118 Å². The molecule has 1 aliphatic heterocycles. The first kappa shape index (κ1) is 19.9. The topological polar surface area (TPSA) is 50.1 Å². The Bertz CT molecular complexity index is 1160. The van der Waals surface area contributed by atoms with Crippen LogP contribution in [-0.2, 0) is 9.53 Å². The number of nitriles is 1. The molecule has 146 valence electrons. The minimum absolute atomic E-state index is 0.0818. The number of nitrogens with zero attached hydrogens (tertiary/aromatic N) is 1. The Morgan fingerprint density at radius 1 is 0.867 bits per heavy atom. The summed E-state index contributed by atoms with van der Waals surface area (Å²) in [5, 5.41) is 10.1. The summed E-state index contributed by atoms with van der Waals surface area (Å²) in [7, 11) is 0. The van der Waals surface area contributed by atoms with Gasteiger partial charge in [-0.15, -0.1) is 0 Å². The van der Waals surface area contributed by atoms with Crippen LogP contribution in [-0.4, -0.2) is 5.78 Å². The first-order valence-electron chi connectivity index (χ1n) is 9.58. The maximum Gasteiger partial charge on any atom is 0.160 e. The van der Waals surface area contributed by atoms with Crippen LogP contribution in [0.3, 0.4) is 0 Å². The smallest absolute Gasteiger partial charge is 0.160 e. The van der Waals surface area contributed by atoms with Gasteiger partial charge in [-0.05, 0) is 17.7 Å². The number of rotatable bonds is 3. The largest absolute Gasteiger partial charge is 0.455 e. The van der Waals surface area contributed by atoms with Gasteiger partial charge in [0.2, 0.25) is 0 Å². The van der Waals surface area contributed by atoms with Gasteiger partial charge in [0.25, 0.3) is 0 Å². The molecule has 0 saturated carbocycles. The summed E-state index contributed by atoms with van der Waals surface area (Å²) >= 11 is 3.45. The highest BCUT2D eigenvalue weighted by Crippen LogP contribution is 2.39. The standard InChI is InChI=1S/C26H18BrNO2/c27-21-13-11-18(12-14-21)23-15-22(29)16-25(19-7-3-1-4-8-19)30-26(24(23)17-28)20-9-5-2-6-10-20/h1-14,16,23H,15H2/b25-16-,26-24-/t23-/m0/s1. The average Bonchev–Trinajstić information content (AvgIpc) is 2.78. The first-order valence-corrected chi connectivity index (χ1v) is 10.4. The van der Waals surface area contributed by atoms with Gasteiger partial charge >= 0.3 is 0 Å². The van der Waals surface area contributed by atoms with E-state index in [4.69, 9.17) is 4.74 Å². The molecule has 4 rings (SSSR count). The molecule has 0 aromatic heterocycles.